The SMILES string of the molecule is CC1COCCN1c1cc(N2CCN(C(=O)c3cncc(F)c3)CC2C(F)(F)F)[nH]c(=O)c1. The molecule has 0 saturated carbocycles. The van der Waals surface area contributed by atoms with Gasteiger partial charge in [-0.1, -0.05) is 0 Å². The Morgan fingerprint density at radius 1 is 1.15 bits per heavy atom. The lowest BCUT2D eigenvalue weighted by Crippen LogP contribution is -2.60. The first-order chi connectivity index (χ1) is 15.6. The van der Waals surface area contributed by atoms with E-state index in [1.165, 1.54) is 12.1 Å². The highest BCUT2D eigenvalue weighted by Gasteiger charge is 2.48. The third kappa shape index (κ3) is 4.95. The molecule has 2 unspecified atom stereocenters. The second kappa shape index (κ2) is 9.00. The smallest absolute Gasteiger partial charge is 0.377 e. The van der Waals surface area contributed by atoms with Gasteiger partial charge in [-0.15, -0.1) is 0 Å². The zero-order valence-electron chi connectivity index (χ0n) is 17.8. The van der Waals surface area contributed by atoms with Crippen LogP contribution in [0.3, 0.4) is 0 Å². The summed E-state index contributed by atoms with van der Waals surface area (Å²) in [7, 11) is 0. The van der Waals surface area contributed by atoms with Crippen LogP contribution in [0, 0.1) is 5.82 Å². The minimum Gasteiger partial charge on any atom is -0.377 e. The molecule has 8 nitrogen and oxygen atoms in total. The van der Waals surface area contributed by atoms with E-state index in [4.69, 9.17) is 4.74 Å². The largest absolute Gasteiger partial charge is 0.410 e. The molecule has 0 spiro atoms. The third-order valence-electron chi connectivity index (χ3n) is 5.82. The van der Waals surface area contributed by atoms with Gasteiger partial charge in [-0.3, -0.25) is 14.6 Å². The summed E-state index contributed by atoms with van der Waals surface area (Å²) in [5.74, 6) is -1.46. The van der Waals surface area contributed by atoms with Gasteiger partial charge in [0.05, 0.1) is 31.5 Å². The first kappa shape index (κ1) is 23.0. The van der Waals surface area contributed by atoms with Crippen LogP contribution in [0.25, 0.3) is 0 Å². The molecule has 2 atom stereocenters. The molecular formula is C21H23F4N5O3. The summed E-state index contributed by atoms with van der Waals surface area (Å²) >= 11 is 0. The van der Waals surface area contributed by atoms with Crippen molar-refractivity contribution in [1.82, 2.24) is 14.9 Å². The van der Waals surface area contributed by atoms with Crippen LogP contribution in [0.5, 0.6) is 0 Å². The number of carbonyl (C=O) groups is 1. The average molecular weight is 469 g/mol. The molecule has 2 aromatic rings. The van der Waals surface area contributed by atoms with Crippen LogP contribution in [0.15, 0.2) is 35.4 Å². The molecule has 2 fully saturated rings. The number of nitrogens with one attached hydrogen (secondary N) is 1. The topological polar surface area (TPSA) is 81.8 Å². The van der Waals surface area contributed by atoms with Crippen LogP contribution in [0.2, 0.25) is 0 Å². The number of carbonyl (C=O) groups excluding carboxylic acids is 1. The van der Waals surface area contributed by atoms with E-state index in [9.17, 15) is 27.2 Å². The summed E-state index contributed by atoms with van der Waals surface area (Å²) in [5, 5.41) is 0. The Bertz CT molecular complexity index is 1080. The van der Waals surface area contributed by atoms with E-state index in [0.717, 1.165) is 28.3 Å². The molecule has 178 valence electrons. The van der Waals surface area contributed by atoms with Crippen molar-refractivity contribution in [2.45, 2.75) is 25.2 Å². The predicted octanol–water partition coefficient (Wildman–Crippen LogP) is 2.03. The van der Waals surface area contributed by atoms with Crippen molar-refractivity contribution < 1.29 is 27.1 Å². The van der Waals surface area contributed by atoms with Gasteiger partial charge in [-0.05, 0) is 13.0 Å². The number of ether oxygens (including phenoxy) is 1. The Balaban J connectivity index is 1.62. The summed E-state index contributed by atoms with van der Waals surface area (Å²) in [4.78, 5) is 35.1. The van der Waals surface area contributed by atoms with E-state index in [-0.39, 0.29) is 30.5 Å². The zero-order chi connectivity index (χ0) is 23.8. The number of aromatic amines is 1. The van der Waals surface area contributed by atoms with Gasteiger partial charge in [0, 0.05) is 49.7 Å². The quantitative estimate of drug-likeness (QED) is 0.693. The first-order valence-corrected chi connectivity index (χ1v) is 10.5. The molecule has 33 heavy (non-hydrogen) atoms. The zero-order valence-corrected chi connectivity index (χ0v) is 17.8. The highest BCUT2D eigenvalue weighted by atomic mass is 19.4. The molecule has 0 bridgehead atoms. The molecule has 0 aliphatic carbocycles. The number of anilines is 2. The van der Waals surface area contributed by atoms with Gasteiger partial charge in [0.15, 0.2) is 0 Å². The predicted molar refractivity (Wildman–Crippen MR) is 112 cm³/mol. The van der Waals surface area contributed by atoms with Gasteiger partial charge in [0.25, 0.3) is 11.5 Å². The Labute approximate surface area is 186 Å². The van der Waals surface area contributed by atoms with E-state index in [2.05, 4.69) is 9.97 Å². The van der Waals surface area contributed by atoms with E-state index < -0.39 is 36.0 Å². The molecule has 2 aliphatic rings. The maximum Gasteiger partial charge on any atom is 0.410 e. The molecule has 4 rings (SSSR count). The number of hydrogen-bond donors (Lipinski definition) is 1. The number of alkyl halides is 3. The number of morpholine rings is 1. The summed E-state index contributed by atoms with van der Waals surface area (Å²) < 4.78 is 60.9. The Morgan fingerprint density at radius 2 is 1.94 bits per heavy atom. The number of nitrogens with zero attached hydrogens (tertiary/aromatic N) is 4. The fourth-order valence-corrected chi connectivity index (χ4v) is 4.19. The standard InChI is InChI=1S/C21H23F4N5O3/c1-13-12-33-5-4-29(13)16-7-18(27-19(31)8-16)30-3-2-28(11-17(30)21(23,24)25)20(32)14-6-15(22)10-26-9-14/h6-10,13,17H,2-5,11-12H2,1H3,(H,27,31). The molecule has 2 saturated heterocycles. The van der Waals surface area contributed by atoms with E-state index in [1.807, 2.05) is 11.8 Å². The van der Waals surface area contributed by atoms with Gasteiger partial charge in [0.2, 0.25) is 0 Å². The number of H-pyrrole nitrogens is 1. The fraction of sp³-hybridized carbons (Fsp3) is 0.476. The van der Waals surface area contributed by atoms with Crippen molar-refractivity contribution in [2.24, 2.45) is 0 Å². The maximum absolute atomic E-state index is 14.0. The fourth-order valence-electron chi connectivity index (χ4n) is 4.19. The molecular weight excluding hydrogens is 446 g/mol. The van der Waals surface area contributed by atoms with E-state index in [1.54, 1.807) is 0 Å². The summed E-state index contributed by atoms with van der Waals surface area (Å²) in [6.45, 7) is 2.44. The summed E-state index contributed by atoms with van der Waals surface area (Å²) in [6, 6.07) is 1.72. The molecule has 2 aromatic heterocycles. The van der Waals surface area contributed by atoms with Gasteiger partial charge in [-0.2, -0.15) is 13.2 Å². The number of amides is 1. The second-order valence-electron chi connectivity index (χ2n) is 8.10. The Kier molecular flexibility index (Phi) is 6.28. The number of rotatable bonds is 3. The summed E-state index contributed by atoms with van der Waals surface area (Å²) in [6.07, 6.45) is -2.66. The van der Waals surface area contributed by atoms with Crippen molar-refractivity contribution in [1.29, 1.82) is 0 Å². The maximum atomic E-state index is 14.0. The van der Waals surface area contributed by atoms with Crippen molar-refractivity contribution in [3.63, 3.8) is 0 Å². The highest BCUT2D eigenvalue weighted by Crippen LogP contribution is 2.32. The van der Waals surface area contributed by atoms with Gasteiger partial charge in [-0.25, -0.2) is 4.39 Å². The van der Waals surface area contributed by atoms with Crippen LogP contribution in [0.1, 0.15) is 17.3 Å². The molecule has 0 radical (unpaired) electrons. The van der Waals surface area contributed by atoms with Crippen molar-refractivity contribution in [3.05, 3.63) is 52.3 Å². The van der Waals surface area contributed by atoms with Crippen molar-refractivity contribution in [2.75, 3.05) is 49.2 Å². The van der Waals surface area contributed by atoms with E-state index in [0.29, 0.717) is 25.4 Å². The van der Waals surface area contributed by atoms with E-state index >= 15 is 0 Å². The normalized spacial score (nSPS) is 21.9. The number of pyridine rings is 2. The molecule has 12 heteroatoms. The lowest BCUT2D eigenvalue weighted by molar-refractivity contribution is -0.154. The number of piperazine rings is 1. The second-order valence-corrected chi connectivity index (χ2v) is 8.10. The monoisotopic (exact) mass is 469 g/mol. The van der Waals surface area contributed by atoms with Crippen LogP contribution < -0.4 is 15.4 Å². The molecule has 1 N–H and O–H groups in total. The van der Waals surface area contributed by atoms with Crippen LogP contribution in [-0.2, 0) is 4.74 Å². The minimum absolute atomic E-state index is 0.0260. The molecule has 4 heterocycles. The van der Waals surface area contributed by atoms with Gasteiger partial charge < -0.3 is 24.4 Å². The summed E-state index contributed by atoms with van der Waals surface area (Å²) in [5.41, 5.74) is -0.137. The van der Waals surface area contributed by atoms with Gasteiger partial charge in [0.1, 0.15) is 17.7 Å². The lowest BCUT2D eigenvalue weighted by Gasteiger charge is -2.43. The Morgan fingerprint density at radius 3 is 2.64 bits per heavy atom. The number of halogens is 4. The number of aromatic nitrogens is 2. The average Bonchev–Trinajstić information content (AvgIpc) is 2.77. The van der Waals surface area contributed by atoms with Crippen molar-refractivity contribution in [3.8, 4) is 0 Å². The highest BCUT2D eigenvalue weighted by molar-refractivity contribution is 5.94. The van der Waals surface area contributed by atoms with Gasteiger partial charge >= 0.3 is 6.18 Å². The van der Waals surface area contributed by atoms with Crippen LogP contribution >= 0.6 is 0 Å². The van der Waals surface area contributed by atoms with Crippen LogP contribution in [-0.4, -0.2) is 78.4 Å². The number of hydrogen-bond acceptors (Lipinski definition) is 6. The lowest BCUT2D eigenvalue weighted by atomic mass is 10.1. The first-order valence-electron chi connectivity index (χ1n) is 10.5. The van der Waals surface area contributed by atoms with Crippen molar-refractivity contribution >= 4 is 17.4 Å². The Hall–Kier alpha value is -3.15. The molecule has 1 amide bonds. The minimum atomic E-state index is -4.68. The van der Waals surface area contributed by atoms with Crippen LogP contribution in [0.4, 0.5) is 29.1 Å². The molecule has 0 aromatic carbocycles. The third-order valence-corrected chi connectivity index (χ3v) is 5.82. The molecule has 2 aliphatic heterocycles.